The summed E-state index contributed by atoms with van der Waals surface area (Å²) in [5.41, 5.74) is 0. The molecule has 0 bridgehead atoms. The Bertz CT molecular complexity index is 223. The second kappa shape index (κ2) is 2.69. The smallest absolute Gasteiger partial charge is 0.273 e. The lowest BCUT2D eigenvalue weighted by molar-refractivity contribution is 0.454. The van der Waals surface area contributed by atoms with Crippen molar-refractivity contribution >= 4 is 10.3 Å². The molecule has 0 fully saturated rings. The summed E-state index contributed by atoms with van der Waals surface area (Å²) < 4.78 is 30.8. The number of hydrogen-bond donors (Lipinski definition) is 2. The van der Waals surface area contributed by atoms with E-state index in [9.17, 15) is 8.42 Å². The van der Waals surface area contributed by atoms with Crippen LogP contribution in [0.1, 0.15) is 12.8 Å². The van der Waals surface area contributed by atoms with Crippen molar-refractivity contribution in [3.05, 3.63) is 12.2 Å². The lowest BCUT2D eigenvalue weighted by atomic mass is 10.3. The quantitative estimate of drug-likeness (QED) is 0.448. The molecule has 0 aliphatic heterocycles. The third kappa shape index (κ3) is 2.47. The number of nitrogens with one attached hydrogen (secondary N) is 1. The average Bonchev–Trinajstić information content (AvgIpc) is 2.12. The molecule has 1 rings (SSSR count). The van der Waals surface area contributed by atoms with E-state index in [1.807, 2.05) is 12.2 Å². The molecule has 1 aliphatic rings. The summed E-state index contributed by atoms with van der Waals surface area (Å²) >= 11 is 0. The largest absolute Gasteiger partial charge is 0.333 e. The molecule has 0 atom stereocenters. The van der Waals surface area contributed by atoms with Crippen molar-refractivity contribution in [2.45, 2.75) is 18.9 Å². The van der Waals surface area contributed by atoms with Gasteiger partial charge in [-0.15, -0.1) is 0 Å². The van der Waals surface area contributed by atoms with Crippen molar-refractivity contribution in [2.75, 3.05) is 0 Å². The standard InChI is InChI=1S/C5H9NO3S/c7-10(8,9)6-5-3-1-2-4-5/h1-2,5-6H,3-4H2,(H,7,8,9). The second-order valence-electron chi connectivity index (χ2n) is 2.23. The lowest BCUT2D eigenvalue weighted by Gasteiger charge is -2.06. The Morgan fingerprint density at radius 1 is 1.40 bits per heavy atom. The van der Waals surface area contributed by atoms with Crippen molar-refractivity contribution in [3.8, 4) is 0 Å². The zero-order valence-electron chi connectivity index (χ0n) is 5.32. The number of hydrogen-bond acceptors (Lipinski definition) is 2. The Hall–Kier alpha value is -0.390. The van der Waals surface area contributed by atoms with Gasteiger partial charge in [0, 0.05) is 6.04 Å². The highest BCUT2D eigenvalue weighted by molar-refractivity contribution is 7.83. The molecule has 0 spiro atoms. The van der Waals surface area contributed by atoms with Gasteiger partial charge in [0.25, 0.3) is 0 Å². The van der Waals surface area contributed by atoms with Gasteiger partial charge in [-0.1, -0.05) is 12.2 Å². The summed E-state index contributed by atoms with van der Waals surface area (Å²) in [6, 6.07) is -0.144. The molecule has 4 nitrogen and oxygen atoms in total. The van der Waals surface area contributed by atoms with E-state index in [2.05, 4.69) is 4.72 Å². The molecule has 0 aromatic carbocycles. The van der Waals surface area contributed by atoms with Crippen LogP contribution in [0.5, 0.6) is 0 Å². The summed E-state index contributed by atoms with van der Waals surface area (Å²) in [5, 5.41) is 0. The van der Waals surface area contributed by atoms with Gasteiger partial charge in [0.05, 0.1) is 0 Å². The fourth-order valence-electron chi connectivity index (χ4n) is 0.924. The first-order valence-electron chi connectivity index (χ1n) is 2.98. The van der Waals surface area contributed by atoms with Crippen LogP contribution in [0.2, 0.25) is 0 Å². The molecule has 58 valence electrons. The highest BCUT2D eigenvalue weighted by atomic mass is 32.2. The normalized spacial score (nSPS) is 20.1. The van der Waals surface area contributed by atoms with E-state index in [0.29, 0.717) is 12.8 Å². The maximum Gasteiger partial charge on any atom is 0.333 e. The van der Waals surface area contributed by atoms with Gasteiger partial charge in [-0.05, 0) is 12.8 Å². The minimum atomic E-state index is -4.00. The van der Waals surface area contributed by atoms with Gasteiger partial charge in [-0.2, -0.15) is 13.1 Å². The van der Waals surface area contributed by atoms with E-state index in [0.717, 1.165) is 0 Å². The summed E-state index contributed by atoms with van der Waals surface area (Å²) in [6.45, 7) is 0. The Balaban J connectivity index is 2.41. The SMILES string of the molecule is O=S(=O)(O)NC1CC=CC1. The predicted molar refractivity (Wildman–Crippen MR) is 36.8 cm³/mol. The van der Waals surface area contributed by atoms with E-state index in [1.165, 1.54) is 0 Å². The molecule has 5 heteroatoms. The first-order valence-corrected chi connectivity index (χ1v) is 4.42. The maximum absolute atomic E-state index is 10.2. The first-order chi connectivity index (χ1) is 4.58. The van der Waals surface area contributed by atoms with E-state index in [4.69, 9.17) is 4.55 Å². The van der Waals surface area contributed by atoms with Gasteiger partial charge >= 0.3 is 10.3 Å². The second-order valence-corrected chi connectivity index (χ2v) is 3.42. The molecule has 1 aliphatic carbocycles. The topological polar surface area (TPSA) is 66.4 Å². The van der Waals surface area contributed by atoms with Crippen LogP contribution in [0, 0.1) is 0 Å². The highest BCUT2D eigenvalue weighted by Crippen LogP contribution is 2.09. The van der Waals surface area contributed by atoms with Crippen LogP contribution in [-0.2, 0) is 10.3 Å². The summed E-state index contributed by atoms with van der Waals surface area (Å²) in [7, 11) is -4.00. The molecular weight excluding hydrogens is 154 g/mol. The van der Waals surface area contributed by atoms with Crippen LogP contribution in [-0.4, -0.2) is 19.0 Å². The first kappa shape index (κ1) is 7.71. The van der Waals surface area contributed by atoms with Crippen LogP contribution < -0.4 is 4.72 Å². The predicted octanol–water partition coefficient (Wildman–Crippen LogP) is 0.0974. The van der Waals surface area contributed by atoms with Gasteiger partial charge < -0.3 is 0 Å². The molecule has 0 heterocycles. The Kier molecular flexibility index (Phi) is 2.08. The van der Waals surface area contributed by atoms with Crippen molar-refractivity contribution in [2.24, 2.45) is 0 Å². The van der Waals surface area contributed by atoms with Crippen molar-refractivity contribution < 1.29 is 13.0 Å². The van der Waals surface area contributed by atoms with Crippen LogP contribution in [0.25, 0.3) is 0 Å². The molecule has 0 radical (unpaired) electrons. The zero-order chi connectivity index (χ0) is 7.61. The molecule has 0 amide bonds. The van der Waals surface area contributed by atoms with Gasteiger partial charge in [0.15, 0.2) is 0 Å². The van der Waals surface area contributed by atoms with Crippen molar-refractivity contribution in [1.82, 2.24) is 4.72 Å². The monoisotopic (exact) mass is 163 g/mol. The molecule has 0 aromatic heterocycles. The molecule has 0 aromatic rings. The fraction of sp³-hybridized carbons (Fsp3) is 0.600. The van der Waals surface area contributed by atoms with E-state index in [1.54, 1.807) is 0 Å². The third-order valence-electron chi connectivity index (χ3n) is 1.32. The fourth-order valence-corrected chi connectivity index (χ4v) is 1.54. The van der Waals surface area contributed by atoms with Crippen LogP contribution >= 0.6 is 0 Å². The lowest BCUT2D eigenvalue weighted by Crippen LogP contribution is -2.32. The Morgan fingerprint density at radius 2 is 1.90 bits per heavy atom. The third-order valence-corrected chi connectivity index (χ3v) is 1.95. The minimum absolute atomic E-state index is 0.144. The average molecular weight is 163 g/mol. The van der Waals surface area contributed by atoms with Gasteiger partial charge in [-0.3, -0.25) is 4.55 Å². The molecule has 2 N–H and O–H groups in total. The van der Waals surface area contributed by atoms with E-state index in [-0.39, 0.29) is 6.04 Å². The Morgan fingerprint density at radius 3 is 2.30 bits per heavy atom. The Labute approximate surface area is 59.8 Å². The summed E-state index contributed by atoms with van der Waals surface area (Å²) in [4.78, 5) is 0. The van der Waals surface area contributed by atoms with Crippen LogP contribution in [0.3, 0.4) is 0 Å². The molecule has 0 saturated carbocycles. The van der Waals surface area contributed by atoms with E-state index < -0.39 is 10.3 Å². The summed E-state index contributed by atoms with van der Waals surface area (Å²) in [5.74, 6) is 0. The van der Waals surface area contributed by atoms with Gasteiger partial charge in [0.2, 0.25) is 0 Å². The van der Waals surface area contributed by atoms with Crippen LogP contribution in [0.15, 0.2) is 12.2 Å². The maximum atomic E-state index is 10.2. The van der Waals surface area contributed by atoms with Gasteiger partial charge in [0.1, 0.15) is 0 Å². The molecule has 10 heavy (non-hydrogen) atoms. The summed E-state index contributed by atoms with van der Waals surface area (Å²) in [6.07, 6.45) is 5.09. The van der Waals surface area contributed by atoms with Crippen molar-refractivity contribution in [1.29, 1.82) is 0 Å². The van der Waals surface area contributed by atoms with E-state index >= 15 is 0 Å². The molecular formula is C5H9NO3S. The highest BCUT2D eigenvalue weighted by Gasteiger charge is 2.15. The minimum Gasteiger partial charge on any atom is -0.273 e. The number of rotatable bonds is 2. The zero-order valence-corrected chi connectivity index (χ0v) is 6.13. The van der Waals surface area contributed by atoms with Crippen LogP contribution in [0.4, 0.5) is 0 Å². The molecule has 0 saturated heterocycles. The van der Waals surface area contributed by atoms with Gasteiger partial charge in [-0.25, -0.2) is 0 Å². The molecule has 0 unspecified atom stereocenters. The van der Waals surface area contributed by atoms with Crippen molar-refractivity contribution in [3.63, 3.8) is 0 Å².